The van der Waals surface area contributed by atoms with Gasteiger partial charge in [0.15, 0.2) is 11.2 Å². The molecule has 3 aromatic rings. The first-order valence-electron chi connectivity index (χ1n) is 10.6. The zero-order chi connectivity index (χ0) is 22.2. The van der Waals surface area contributed by atoms with E-state index in [1.54, 1.807) is 16.8 Å². The maximum Gasteiger partial charge on any atom is 0.281 e. The normalized spacial score (nSPS) is 17.3. The molecule has 0 bridgehead atoms. The number of carbonyl (C=O) groups is 1. The van der Waals surface area contributed by atoms with E-state index in [0.717, 1.165) is 24.9 Å². The van der Waals surface area contributed by atoms with Crippen LogP contribution in [0.25, 0.3) is 11.2 Å². The molecule has 0 radical (unpaired) electrons. The van der Waals surface area contributed by atoms with Gasteiger partial charge in [0, 0.05) is 25.4 Å². The maximum atomic E-state index is 13.2. The van der Waals surface area contributed by atoms with Gasteiger partial charge in [-0.05, 0) is 36.0 Å². The molecule has 31 heavy (non-hydrogen) atoms. The van der Waals surface area contributed by atoms with Gasteiger partial charge in [0.05, 0.1) is 6.54 Å². The van der Waals surface area contributed by atoms with Crippen molar-refractivity contribution in [2.45, 2.75) is 52.5 Å². The summed E-state index contributed by atoms with van der Waals surface area (Å²) in [7, 11) is 0. The molecular formula is C22H27FN6O2. The van der Waals surface area contributed by atoms with Gasteiger partial charge >= 0.3 is 0 Å². The van der Waals surface area contributed by atoms with Crippen LogP contribution in [-0.2, 0) is 11.3 Å². The molecule has 2 aromatic heterocycles. The number of fused-ring (bicyclic) bond motifs is 1. The van der Waals surface area contributed by atoms with Gasteiger partial charge < -0.3 is 9.88 Å². The number of rotatable bonds is 4. The number of halogens is 1. The fourth-order valence-electron chi connectivity index (χ4n) is 3.94. The summed E-state index contributed by atoms with van der Waals surface area (Å²) in [6.45, 7) is 7.73. The molecule has 1 atom stereocenters. The Kier molecular flexibility index (Phi) is 5.60. The van der Waals surface area contributed by atoms with Crippen molar-refractivity contribution in [3.05, 3.63) is 51.8 Å². The van der Waals surface area contributed by atoms with E-state index in [1.807, 2.05) is 4.90 Å². The summed E-state index contributed by atoms with van der Waals surface area (Å²) in [5.74, 6) is 0.313. The second-order valence-corrected chi connectivity index (χ2v) is 9.41. The number of amides is 1. The van der Waals surface area contributed by atoms with E-state index in [1.165, 1.54) is 12.1 Å². The van der Waals surface area contributed by atoms with Crippen LogP contribution in [0, 0.1) is 11.2 Å². The molecule has 1 saturated heterocycles. The van der Waals surface area contributed by atoms with Crippen molar-refractivity contribution in [2.75, 3.05) is 13.1 Å². The summed E-state index contributed by atoms with van der Waals surface area (Å²) in [5, 5.41) is 8.04. The van der Waals surface area contributed by atoms with E-state index in [-0.39, 0.29) is 34.1 Å². The van der Waals surface area contributed by atoms with E-state index in [9.17, 15) is 14.0 Å². The highest BCUT2D eigenvalue weighted by Crippen LogP contribution is 2.27. The minimum atomic E-state index is -0.344. The second kappa shape index (κ2) is 8.20. The number of hydrogen-bond acceptors (Lipinski definition) is 5. The summed E-state index contributed by atoms with van der Waals surface area (Å²) >= 11 is 0. The average Bonchev–Trinajstić information content (AvgIpc) is 3.12. The van der Waals surface area contributed by atoms with E-state index in [0.29, 0.717) is 31.0 Å². The zero-order valence-corrected chi connectivity index (χ0v) is 18.1. The number of hydrogen-bond donors (Lipinski definition) is 1. The van der Waals surface area contributed by atoms with Crippen LogP contribution in [0.1, 0.15) is 57.3 Å². The van der Waals surface area contributed by atoms with Crippen molar-refractivity contribution < 1.29 is 9.18 Å². The number of H-pyrrole nitrogens is 1. The molecule has 1 N–H and O–H groups in total. The SMILES string of the molecule is CC(C)(C)CC(=O)N1CCCC(c2nc3c(nnn3Cc3ccc(F)cc3)c(=O)[nH]2)C1. The Bertz CT molecular complexity index is 1150. The molecule has 3 heterocycles. The average molecular weight is 426 g/mol. The molecule has 1 aliphatic heterocycles. The number of piperidine rings is 1. The van der Waals surface area contributed by atoms with Gasteiger partial charge in [0.25, 0.3) is 5.56 Å². The van der Waals surface area contributed by atoms with Gasteiger partial charge in [0.2, 0.25) is 5.91 Å². The molecule has 9 heteroatoms. The second-order valence-electron chi connectivity index (χ2n) is 9.41. The monoisotopic (exact) mass is 426 g/mol. The van der Waals surface area contributed by atoms with Crippen LogP contribution in [-0.4, -0.2) is 48.9 Å². The lowest BCUT2D eigenvalue weighted by atomic mass is 9.90. The van der Waals surface area contributed by atoms with Crippen LogP contribution < -0.4 is 5.56 Å². The van der Waals surface area contributed by atoms with Gasteiger partial charge in [0.1, 0.15) is 11.6 Å². The van der Waals surface area contributed by atoms with Crippen LogP contribution in [0.3, 0.4) is 0 Å². The lowest BCUT2D eigenvalue weighted by molar-refractivity contribution is -0.134. The van der Waals surface area contributed by atoms with Crippen molar-refractivity contribution in [1.82, 2.24) is 29.9 Å². The molecular weight excluding hydrogens is 399 g/mol. The molecule has 0 saturated carbocycles. The molecule has 1 fully saturated rings. The van der Waals surface area contributed by atoms with E-state index in [4.69, 9.17) is 0 Å². The number of aromatic amines is 1. The fraction of sp³-hybridized carbons (Fsp3) is 0.500. The van der Waals surface area contributed by atoms with Gasteiger partial charge in [-0.3, -0.25) is 9.59 Å². The maximum absolute atomic E-state index is 13.2. The van der Waals surface area contributed by atoms with E-state index < -0.39 is 0 Å². The first kappa shape index (κ1) is 21.1. The van der Waals surface area contributed by atoms with Crippen LogP contribution in [0.2, 0.25) is 0 Å². The predicted molar refractivity (Wildman–Crippen MR) is 114 cm³/mol. The van der Waals surface area contributed by atoms with Gasteiger partial charge in [-0.2, -0.15) is 0 Å². The molecule has 8 nitrogen and oxygen atoms in total. The number of likely N-dealkylation sites (tertiary alicyclic amines) is 1. The van der Waals surface area contributed by atoms with Crippen LogP contribution in [0.4, 0.5) is 4.39 Å². The molecule has 0 spiro atoms. The predicted octanol–water partition coefficient (Wildman–Crippen LogP) is 2.84. The first-order valence-corrected chi connectivity index (χ1v) is 10.6. The van der Waals surface area contributed by atoms with Crippen molar-refractivity contribution in [3.8, 4) is 0 Å². The van der Waals surface area contributed by atoms with Crippen molar-refractivity contribution in [2.24, 2.45) is 5.41 Å². The summed E-state index contributed by atoms with van der Waals surface area (Å²) in [6, 6.07) is 6.09. The minimum Gasteiger partial charge on any atom is -0.342 e. The highest BCUT2D eigenvalue weighted by Gasteiger charge is 2.29. The number of benzene rings is 1. The molecule has 4 rings (SSSR count). The van der Waals surface area contributed by atoms with E-state index >= 15 is 0 Å². The molecule has 0 aliphatic carbocycles. The molecule has 164 valence electrons. The Labute approximate surface area is 179 Å². The van der Waals surface area contributed by atoms with Gasteiger partial charge in [-0.15, -0.1) is 5.10 Å². The number of aromatic nitrogens is 5. The minimum absolute atomic E-state index is 0.0519. The zero-order valence-electron chi connectivity index (χ0n) is 18.1. The topological polar surface area (TPSA) is 96.8 Å². The molecule has 1 amide bonds. The van der Waals surface area contributed by atoms with Crippen molar-refractivity contribution >= 4 is 17.1 Å². The lowest BCUT2D eigenvalue weighted by Gasteiger charge is -2.34. The van der Waals surface area contributed by atoms with Crippen LogP contribution in [0.5, 0.6) is 0 Å². The highest BCUT2D eigenvalue weighted by molar-refractivity contribution is 5.77. The Hall–Kier alpha value is -3.10. The first-order chi connectivity index (χ1) is 14.7. The largest absolute Gasteiger partial charge is 0.342 e. The van der Waals surface area contributed by atoms with Gasteiger partial charge in [-0.1, -0.05) is 38.1 Å². The third-order valence-electron chi connectivity index (χ3n) is 5.48. The molecule has 1 unspecified atom stereocenters. The summed E-state index contributed by atoms with van der Waals surface area (Å²) in [6.07, 6.45) is 2.18. The lowest BCUT2D eigenvalue weighted by Crippen LogP contribution is -2.41. The fourth-order valence-corrected chi connectivity index (χ4v) is 3.94. The Morgan fingerprint density at radius 3 is 2.71 bits per heavy atom. The summed E-state index contributed by atoms with van der Waals surface area (Å²) in [4.78, 5) is 34.7. The Morgan fingerprint density at radius 2 is 2.00 bits per heavy atom. The van der Waals surface area contributed by atoms with E-state index in [2.05, 4.69) is 41.1 Å². The Balaban J connectivity index is 1.60. The standard InChI is InChI=1S/C22H27FN6O2/c1-22(2,3)11-17(30)28-10-4-5-15(13-28)19-24-20-18(21(31)25-19)26-27-29(20)12-14-6-8-16(23)9-7-14/h6-9,15H,4-5,10-13H2,1-3H3,(H,24,25,31). The quantitative estimate of drug-likeness (QED) is 0.692. The summed E-state index contributed by atoms with van der Waals surface area (Å²) in [5.41, 5.74) is 0.967. The number of carbonyl (C=O) groups excluding carboxylic acids is 1. The van der Waals surface area contributed by atoms with Crippen LogP contribution >= 0.6 is 0 Å². The van der Waals surface area contributed by atoms with Crippen molar-refractivity contribution in [3.63, 3.8) is 0 Å². The van der Waals surface area contributed by atoms with Crippen LogP contribution in [0.15, 0.2) is 29.1 Å². The molecule has 1 aromatic carbocycles. The highest BCUT2D eigenvalue weighted by atomic mass is 19.1. The Morgan fingerprint density at radius 1 is 1.26 bits per heavy atom. The number of nitrogens with zero attached hydrogens (tertiary/aromatic N) is 5. The van der Waals surface area contributed by atoms with Gasteiger partial charge in [-0.25, -0.2) is 14.1 Å². The molecule has 1 aliphatic rings. The third kappa shape index (κ3) is 4.81. The smallest absolute Gasteiger partial charge is 0.281 e. The number of nitrogens with one attached hydrogen (secondary N) is 1. The summed E-state index contributed by atoms with van der Waals surface area (Å²) < 4.78 is 14.7. The van der Waals surface area contributed by atoms with Crippen molar-refractivity contribution in [1.29, 1.82) is 0 Å². The third-order valence-corrected chi connectivity index (χ3v) is 5.48.